The summed E-state index contributed by atoms with van der Waals surface area (Å²) in [4.78, 5) is 0. The van der Waals surface area contributed by atoms with Crippen molar-refractivity contribution in [2.24, 2.45) is 0 Å². The van der Waals surface area contributed by atoms with Crippen LogP contribution in [-0.4, -0.2) is 9.78 Å². The lowest BCUT2D eigenvalue weighted by atomic mass is 10.0. The summed E-state index contributed by atoms with van der Waals surface area (Å²) in [7, 11) is 0. The second kappa shape index (κ2) is 6.51. The maximum atomic E-state index is 6.28. The van der Waals surface area contributed by atoms with E-state index in [4.69, 9.17) is 23.2 Å². The predicted octanol–water partition coefficient (Wildman–Crippen LogP) is 5.33. The second-order valence-corrected chi connectivity index (χ2v) is 5.92. The van der Waals surface area contributed by atoms with Gasteiger partial charge in [-0.2, -0.15) is 5.10 Å². The first-order chi connectivity index (χ1) is 9.51. The van der Waals surface area contributed by atoms with Gasteiger partial charge in [0.15, 0.2) is 0 Å². The van der Waals surface area contributed by atoms with Gasteiger partial charge in [-0.1, -0.05) is 36.2 Å². The van der Waals surface area contributed by atoms with Gasteiger partial charge >= 0.3 is 0 Å². The summed E-state index contributed by atoms with van der Waals surface area (Å²) in [5.41, 5.74) is 2.05. The van der Waals surface area contributed by atoms with Crippen molar-refractivity contribution in [2.45, 2.75) is 39.3 Å². The molecule has 1 atom stereocenters. The molecule has 0 radical (unpaired) electrons. The van der Waals surface area contributed by atoms with Crippen LogP contribution >= 0.6 is 23.2 Å². The van der Waals surface area contributed by atoms with E-state index in [1.165, 1.54) is 0 Å². The number of hydrogen-bond acceptors (Lipinski definition) is 2. The van der Waals surface area contributed by atoms with Crippen LogP contribution in [0.4, 0.5) is 5.69 Å². The third kappa shape index (κ3) is 3.47. The molecule has 1 unspecified atom stereocenters. The predicted molar refractivity (Wildman–Crippen MR) is 85.7 cm³/mol. The van der Waals surface area contributed by atoms with Gasteiger partial charge in [0.05, 0.1) is 17.9 Å². The molecule has 108 valence electrons. The Morgan fingerprint density at radius 1 is 1.30 bits per heavy atom. The Morgan fingerprint density at radius 2 is 2.05 bits per heavy atom. The third-order valence-corrected chi connectivity index (χ3v) is 3.78. The molecule has 0 spiro atoms. The number of nitrogens with zero attached hydrogens (tertiary/aromatic N) is 2. The molecular weight excluding hydrogens is 293 g/mol. The molecule has 5 heteroatoms. The molecular formula is C15H19Cl2N3. The molecule has 0 saturated heterocycles. The van der Waals surface area contributed by atoms with E-state index in [2.05, 4.69) is 31.2 Å². The number of halogens is 2. The summed E-state index contributed by atoms with van der Waals surface area (Å²) in [5, 5.41) is 9.14. The SMILES string of the molecule is CCC(Nc1cnn(C(C)C)c1)c1ccc(Cl)cc1Cl. The van der Waals surface area contributed by atoms with Crippen molar-refractivity contribution in [3.05, 3.63) is 46.2 Å². The smallest absolute Gasteiger partial charge is 0.0731 e. The lowest BCUT2D eigenvalue weighted by molar-refractivity contribution is 0.532. The van der Waals surface area contributed by atoms with Gasteiger partial charge in [-0.05, 0) is 38.0 Å². The molecule has 3 nitrogen and oxygen atoms in total. The zero-order valence-electron chi connectivity index (χ0n) is 11.9. The largest absolute Gasteiger partial charge is 0.376 e. The van der Waals surface area contributed by atoms with Crippen LogP contribution in [0.25, 0.3) is 0 Å². The van der Waals surface area contributed by atoms with Gasteiger partial charge in [-0.25, -0.2) is 0 Å². The topological polar surface area (TPSA) is 29.9 Å². The summed E-state index contributed by atoms with van der Waals surface area (Å²) in [5.74, 6) is 0. The highest BCUT2D eigenvalue weighted by Crippen LogP contribution is 2.30. The summed E-state index contributed by atoms with van der Waals surface area (Å²) < 4.78 is 1.93. The average Bonchev–Trinajstić information content (AvgIpc) is 2.85. The minimum absolute atomic E-state index is 0.143. The van der Waals surface area contributed by atoms with E-state index in [1.54, 1.807) is 6.07 Å². The number of nitrogens with one attached hydrogen (secondary N) is 1. The molecule has 1 aromatic carbocycles. The van der Waals surface area contributed by atoms with Crippen LogP contribution in [0.2, 0.25) is 10.0 Å². The molecule has 0 aliphatic rings. The van der Waals surface area contributed by atoms with Gasteiger partial charge in [0, 0.05) is 22.3 Å². The lowest BCUT2D eigenvalue weighted by Gasteiger charge is -2.19. The van der Waals surface area contributed by atoms with Gasteiger partial charge < -0.3 is 5.32 Å². The minimum atomic E-state index is 0.143. The second-order valence-electron chi connectivity index (χ2n) is 5.07. The molecule has 20 heavy (non-hydrogen) atoms. The Labute approximate surface area is 129 Å². The van der Waals surface area contributed by atoms with Crippen molar-refractivity contribution in [3.8, 4) is 0 Å². The highest BCUT2D eigenvalue weighted by atomic mass is 35.5. The molecule has 0 bridgehead atoms. The first-order valence-corrected chi connectivity index (χ1v) is 7.52. The first kappa shape index (κ1) is 15.2. The third-order valence-electron chi connectivity index (χ3n) is 3.22. The summed E-state index contributed by atoms with van der Waals surface area (Å²) >= 11 is 12.2. The van der Waals surface area contributed by atoms with Crippen LogP contribution in [0.1, 0.15) is 44.8 Å². The van der Waals surface area contributed by atoms with Gasteiger partial charge in [0.25, 0.3) is 0 Å². The zero-order chi connectivity index (χ0) is 14.7. The molecule has 1 heterocycles. The maximum Gasteiger partial charge on any atom is 0.0731 e. The van der Waals surface area contributed by atoms with Gasteiger partial charge in [0.1, 0.15) is 0 Å². The normalized spacial score (nSPS) is 12.7. The van der Waals surface area contributed by atoms with Crippen LogP contribution in [0.15, 0.2) is 30.6 Å². The van der Waals surface area contributed by atoms with Gasteiger partial charge in [-0.3, -0.25) is 4.68 Å². The quantitative estimate of drug-likeness (QED) is 0.808. The van der Waals surface area contributed by atoms with E-state index < -0.39 is 0 Å². The Morgan fingerprint density at radius 3 is 2.60 bits per heavy atom. The van der Waals surface area contributed by atoms with Crippen LogP contribution < -0.4 is 5.32 Å². The molecule has 0 aliphatic heterocycles. The molecule has 0 fully saturated rings. The van der Waals surface area contributed by atoms with Crippen molar-refractivity contribution in [1.29, 1.82) is 0 Å². The maximum absolute atomic E-state index is 6.28. The van der Waals surface area contributed by atoms with E-state index in [-0.39, 0.29) is 6.04 Å². The Hall–Kier alpha value is -1.19. The minimum Gasteiger partial charge on any atom is -0.376 e. The molecule has 0 aliphatic carbocycles. The number of hydrogen-bond donors (Lipinski definition) is 1. The van der Waals surface area contributed by atoms with Gasteiger partial charge in [0.2, 0.25) is 0 Å². The number of benzene rings is 1. The van der Waals surface area contributed by atoms with Crippen LogP contribution in [0.5, 0.6) is 0 Å². The van der Waals surface area contributed by atoms with Gasteiger partial charge in [-0.15, -0.1) is 0 Å². The molecule has 2 rings (SSSR count). The summed E-state index contributed by atoms with van der Waals surface area (Å²) in [6.07, 6.45) is 4.78. The van der Waals surface area contributed by atoms with Crippen molar-refractivity contribution in [1.82, 2.24) is 9.78 Å². The Kier molecular flexibility index (Phi) is 4.95. The lowest BCUT2D eigenvalue weighted by Crippen LogP contribution is -2.10. The Bertz CT molecular complexity index is 578. The molecule has 1 aromatic heterocycles. The van der Waals surface area contributed by atoms with Crippen LogP contribution in [0, 0.1) is 0 Å². The van der Waals surface area contributed by atoms with Crippen molar-refractivity contribution in [2.75, 3.05) is 5.32 Å². The summed E-state index contributed by atoms with van der Waals surface area (Å²) in [6, 6.07) is 6.11. The molecule has 0 saturated carbocycles. The van der Waals surface area contributed by atoms with E-state index >= 15 is 0 Å². The van der Waals surface area contributed by atoms with E-state index in [0.29, 0.717) is 16.1 Å². The fraction of sp³-hybridized carbons (Fsp3) is 0.400. The van der Waals surface area contributed by atoms with Crippen LogP contribution in [-0.2, 0) is 0 Å². The highest BCUT2D eigenvalue weighted by Gasteiger charge is 2.14. The number of aromatic nitrogens is 2. The van der Waals surface area contributed by atoms with E-state index in [9.17, 15) is 0 Å². The van der Waals surface area contributed by atoms with E-state index in [0.717, 1.165) is 17.7 Å². The van der Waals surface area contributed by atoms with Crippen molar-refractivity contribution < 1.29 is 0 Å². The fourth-order valence-corrected chi connectivity index (χ4v) is 2.62. The van der Waals surface area contributed by atoms with Crippen molar-refractivity contribution in [3.63, 3.8) is 0 Å². The highest BCUT2D eigenvalue weighted by molar-refractivity contribution is 6.35. The molecule has 2 aromatic rings. The Balaban J connectivity index is 2.19. The number of rotatable bonds is 5. The van der Waals surface area contributed by atoms with Crippen LogP contribution in [0.3, 0.4) is 0 Å². The van der Waals surface area contributed by atoms with E-state index in [1.807, 2.05) is 29.2 Å². The zero-order valence-corrected chi connectivity index (χ0v) is 13.4. The standard InChI is InChI=1S/C15H19Cl2N3/c1-4-15(13-6-5-11(16)7-14(13)17)19-12-8-18-20(9-12)10(2)3/h5-10,15,19H,4H2,1-3H3. The monoisotopic (exact) mass is 311 g/mol. The summed E-state index contributed by atoms with van der Waals surface area (Å²) in [6.45, 7) is 6.32. The molecule has 1 N–H and O–H groups in total. The fourth-order valence-electron chi connectivity index (χ4n) is 2.08. The average molecular weight is 312 g/mol. The molecule has 0 amide bonds. The van der Waals surface area contributed by atoms with Crippen molar-refractivity contribution >= 4 is 28.9 Å². The first-order valence-electron chi connectivity index (χ1n) is 6.77. The number of anilines is 1.